The molecule has 0 unspecified atom stereocenters. The summed E-state index contributed by atoms with van der Waals surface area (Å²) in [6.45, 7) is 9.64. The summed E-state index contributed by atoms with van der Waals surface area (Å²) in [6.07, 6.45) is 0. The number of rotatable bonds is 4. The van der Waals surface area contributed by atoms with Gasteiger partial charge in [-0.1, -0.05) is 48.5 Å². The highest BCUT2D eigenvalue weighted by atomic mass is 16.5. The number of hydrogen-bond donors (Lipinski definition) is 1. The summed E-state index contributed by atoms with van der Waals surface area (Å²) in [5.74, 6) is 0.211. The van der Waals surface area contributed by atoms with E-state index in [4.69, 9.17) is 17.0 Å². The second-order valence-electron chi connectivity index (χ2n) is 5.50. The highest BCUT2D eigenvalue weighted by Crippen LogP contribution is 2.41. The minimum absolute atomic E-state index is 0.0579. The van der Waals surface area contributed by atoms with E-state index in [1.54, 1.807) is 6.92 Å². The Labute approximate surface area is 152 Å². The predicted octanol–water partition coefficient (Wildman–Crippen LogP) is 4.82. The first-order valence-corrected chi connectivity index (χ1v) is 8.09. The third kappa shape index (κ3) is 3.07. The fraction of sp³-hybridized carbons (Fsp3) is 0.0952. The summed E-state index contributed by atoms with van der Waals surface area (Å²) in [5, 5.41) is 9.67. The van der Waals surface area contributed by atoms with Crippen LogP contribution in [0.4, 0.5) is 11.5 Å². The van der Waals surface area contributed by atoms with Crippen LogP contribution in [-0.2, 0) is 0 Å². The molecule has 1 heterocycles. The van der Waals surface area contributed by atoms with E-state index in [9.17, 15) is 5.26 Å². The number of hydrogen-bond acceptors (Lipinski definition) is 4. The number of nitrogens with two attached hydrogens (primary N) is 1. The minimum Gasteiger partial charge on any atom is -0.477 e. The molecule has 1 aromatic heterocycles. The van der Waals surface area contributed by atoms with E-state index in [-0.39, 0.29) is 22.9 Å². The lowest BCUT2D eigenvalue weighted by atomic mass is 9.95. The van der Waals surface area contributed by atoms with Gasteiger partial charge in [0.25, 0.3) is 0 Å². The van der Waals surface area contributed by atoms with Crippen molar-refractivity contribution < 1.29 is 4.74 Å². The van der Waals surface area contributed by atoms with E-state index in [0.717, 1.165) is 16.7 Å². The molecule has 0 fully saturated rings. The predicted molar refractivity (Wildman–Crippen MR) is 102 cm³/mol. The van der Waals surface area contributed by atoms with Crippen molar-refractivity contribution in [3.63, 3.8) is 0 Å². The molecule has 26 heavy (non-hydrogen) atoms. The molecule has 2 N–H and O–H groups in total. The average Bonchev–Trinajstić information content (AvgIpc) is 2.68. The van der Waals surface area contributed by atoms with Gasteiger partial charge < -0.3 is 10.5 Å². The summed E-state index contributed by atoms with van der Waals surface area (Å²) < 4.78 is 5.47. The smallest absolute Gasteiger partial charge is 0.237 e. The third-order valence-corrected chi connectivity index (χ3v) is 3.93. The van der Waals surface area contributed by atoms with Crippen LogP contribution in [0.3, 0.4) is 0 Å². The number of benzene rings is 2. The SMILES string of the molecule is [C-]#[N+]c1c(N)nc(OCC)c(C#N)c1-c1cccc(-c2ccccc2)c1. The molecule has 0 aliphatic rings. The van der Waals surface area contributed by atoms with Crippen molar-refractivity contribution in [2.24, 2.45) is 0 Å². The maximum atomic E-state index is 9.67. The van der Waals surface area contributed by atoms with Gasteiger partial charge in [-0.05, 0) is 29.7 Å². The zero-order chi connectivity index (χ0) is 18.5. The Morgan fingerprint density at radius 3 is 2.46 bits per heavy atom. The first-order chi connectivity index (χ1) is 12.7. The topological polar surface area (TPSA) is 76.3 Å². The molecule has 0 amide bonds. The van der Waals surface area contributed by atoms with Gasteiger partial charge in [0.1, 0.15) is 17.5 Å². The lowest BCUT2D eigenvalue weighted by molar-refractivity contribution is 0.326. The first-order valence-electron chi connectivity index (χ1n) is 8.09. The number of nitrogens with zero attached hydrogens (tertiary/aromatic N) is 3. The Hall–Kier alpha value is -3.83. The van der Waals surface area contributed by atoms with Crippen LogP contribution >= 0.6 is 0 Å². The molecule has 0 aliphatic heterocycles. The van der Waals surface area contributed by atoms with E-state index in [1.165, 1.54) is 0 Å². The lowest BCUT2D eigenvalue weighted by Crippen LogP contribution is -2.03. The maximum absolute atomic E-state index is 9.67. The molecule has 2 aromatic carbocycles. The fourth-order valence-electron chi connectivity index (χ4n) is 2.80. The molecule has 3 rings (SSSR count). The Morgan fingerprint density at radius 2 is 1.81 bits per heavy atom. The van der Waals surface area contributed by atoms with Crippen molar-refractivity contribution in [1.82, 2.24) is 4.98 Å². The maximum Gasteiger partial charge on any atom is 0.237 e. The summed E-state index contributed by atoms with van der Waals surface area (Å²) in [7, 11) is 0. The Morgan fingerprint density at radius 1 is 1.12 bits per heavy atom. The largest absolute Gasteiger partial charge is 0.477 e. The number of nitrogen functional groups attached to an aromatic ring is 1. The second kappa shape index (κ2) is 7.38. The van der Waals surface area contributed by atoms with Crippen LogP contribution in [0.2, 0.25) is 0 Å². The molecule has 5 nitrogen and oxygen atoms in total. The summed E-state index contributed by atoms with van der Waals surface area (Å²) >= 11 is 0. The third-order valence-electron chi connectivity index (χ3n) is 3.93. The van der Waals surface area contributed by atoms with Gasteiger partial charge in [0.15, 0.2) is 0 Å². The van der Waals surface area contributed by atoms with Crippen molar-refractivity contribution in [1.29, 1.82) is 5.26 Å². The summed E-state index contributed by atoms with van der Waals surface area (Å²) in [5.41, 5.74) is 9.55. The Balaban J connectivity index is 2.27. The number of pyridine rings is 1. The van der Waals surface area contributed by atoms with Gasteiger partial charge in [-0.3, -0.25) is 0 Å². The Bertz CT molecular complexity index is 1030. The number of nitriles is 1. The number of ether oxygens (including phenoxy) is 1. The molecule has 0 spiro atoms. The molecule has 0 bridgehead atoms. The lowest BCUT2D eigenvalue weighted by Gasteiger charge is -2.14. The molecule has 5 heteroatoms. The number of aromatic nitrogens is 1. The van der Waals surface area contributed by atoms with E-state index in [2.05, 4.69) is 15.9 Å². The van der Waals surface area contributed by atoms with Crippen LogP contribution in [0.25, 0.3) is 27.1 Å². The van der Waals surface area contributed by atoms with Gasteiger partial charge in [0.2, 0.25) is 11.6 Å². The van der Waals surface area contributed by atoms with Crippen molar-refractivity contribution in [3.05, 3.63) is 71.6 Å². The zero-order valence-electron chi connectivity index (χ0n) is 14.2. The standard InChI is InChI=1S/C21H16N4O/c1-3-26-21-17(13-22)18(19(24-2)20(23)25-21)16-11-7-10-15(12-16)14-8-5-4-6-9-14/h4-12H,3H2,1H3,(H2,23,25). The molecule has 0 saturated heterocycles. The van der Waals surface area contributed by atoms with Crippen LogP contribution in [-0.4, -0.2) is 11.6 Å². The van der Waals surface area contributed by atoms with Crippen LogP contribution in [0.5, 0.6) is 5.88 Å². The molecular formula is C21H16N4O. The van der Waals surface area contributed by atoms with Crippen molar-refractivity contribution in [3.8, 4) is 34.2 Å². The molecule has 126 valence electrons. The van der Waals surface area contributed by atoms with E-state index in [0.29, 0.717) is 12.2 Å². The highest BCUT2D eigenvalue weighted by Gasteiger charge is 2.21. The quantitative estimate of drug-likeness (QED) is 0.691. The fourth-order valence-corrected chi connectivity index (χ4v) is 2.80. The van der Waals surface area contributed by atoms with E-state index >= 15 is 0 Å². The van der Waals surface area contributed by atoms with Gasteiger partial charge in [-0.15, -0.1) is 0 Å². The number of anilines is 1. The van der Waals surface area contributed by atoms with Crippen LogP contribution in [0.1, 0.15) is 12.5 Å². The van der Waals surface area contributed by atoms with Crippen molar-refractivity contribution in [2.45, 2.75) is 6.92 Å². The highest BCUT2D eigenvalue weighted by molar-refractivity contribution is 5.91. The molecule has 3 aromatic rings. The zero-order valence-corrected chi connectivity index (χ0v) is 14.2. The summed E-state index contributed by atoms with van der Waals surface area (Å²) in [6, 6.07) is 19.7. The van der Waals surface area contributed by atoms with Gasteiger partial charge >= 0.3 is 0 Å². The molecule has 0 saturated carbocycles. The second-order valence-corrected chi connectivity index (χ2v) is 5.50. The molecule has 0 aliphatic carbocycles. The monoisotopic (exact) mass is 340 g/mol. The van der Waals surface area contributed by atoms with Gasteiger partial charge in [-0.2, -0.15) is 5.26 Å². The molecular weight excluding hydrogens is 324 g/mol. The van der Waals surface area contributed by atoms with Gasteiger partial charge in [0.05, 0.1) is 13.2 Å². The van der Waals surface area contributed by atoms with Crippen LogP contribution in [0.15, 0.2) is 54.6 Å². The normalized spacial score (nSPS) is 9.96. The first kappa shape index (κ1) is 17.0. The minimum atomic E-state index is 0.0579. The summed E-state index contributed by atoms with van der Waals surface area (Å²) in [4.78, 5) is 7.61. The molecule has 0 radical (unpaired) electrons. The van der Waals surface area contributed by atoms with Crippen molar-refractivity contribution in [2.75, 3.05) is 12.3 Å². The van der Waals surface area contributed by atoms with Gasteiger partial charge in [0, 0.05) is 5.56 Å². The molecule has 0 atom stereocenters. The van der Waals surface area contributed by atoms with Gasteiger partial charge in [-0.25, -0.2) is 9.83 Å². The van der Waals surface area contributed by atoms with Crippen LogP contribution in [0, 0.1) is 17.9 Å². The van der Waals surface area contributed by atoms with Crippen LogP contribution < -0.4 is 10.5 Å². The van der Waals surface area contributed by atoms with E-state index < -0.39 is 0 Å². The average molecular weight is 340 g/mol. The van der Waals surface area contributed by atoms with E-state index in [1.807, 2.05) is 54.6 Å². The van der Waals surface area contributed by atoms with Crippen molar-refractivity contribution >= 4 is 11.5 Å². The Kier molecular flexibility index (Phi) is 4.83.